The van der Waals surface area contributed by atoms with E-state index in [1.54, 1.807) is 0 Å². The average Bonchev–Trinajstić information content (AvgIpc) is 3.17. The number of morpholine rings is 1. The zero-order valence-electron chi connectivity index (χ0n) is 10.9. The minimum absolute atomic E-state index is 0.0172. The first-order valence-electron chi connectivity index (χ1n) is 6.29. The molecule has 110 valence electrons. The Balaban J connectivity index is 1.83. The maximum atomic E-state index is 12.4. The van der Waals surface area contributed by atoms with Gasteiger partial charge in [0.25, 0.3) is 5.91 Å². The van der Waals surface area contributed by atoms with Crippen LogP contribution in [0.25, 0.3) is 10.6 Å². The zero-order chi connectivity index (χ0) is 14.8. The van der Waals surface area contributed by atoms with Crippen LogP contribution in [0, 0.1) is 0 Å². The van der Waals surface area contributed by atoms with Gasteiger partial charge < -0.3 is 19.3 Å². The van der Waals surface area contributed by atoms with Crippen LogP contribution >= 0.6 is 11.3 Å². The van der Waals surface area contributed by atoms with Crippen molar-refractivity contribution in [3.63, 3.8) is 0 Å². The lowest BCUT2D eigenvalue weighted by atomic mass is 10.2. The number of aliphatic carboxylic acids is 1. The third-order valence-corrected chi connectivity index (χ3v) is 4.05. The number of amides is 1. The van der Waals surface area contributed by atoms with Gasteiger partial charge in [-0.3, -0.25) is 4.79 Å². The Bertz CT molecular complexity index is 651. The fourth-order valence-corrected chi connectivity index (χ4v) is 2.78. The molecule has 1 atom stereocenters. The van der Waals surface area contributed by atoms with Crippen LogP contribution in [0.1, 0.15) is 10.5 Å². The van der Waals surface area contributed by atoms with E-state index in [4.69, 9.17) is 14.4 Å². The maximum absolute atomic E-state index is 12.4. The minimum atomic E-state index is -1.09. The molecular formula is C13H12N2O5S. The summed E-state index contributed by atoms with van der Waals surface area (Å²) in [5, 5.41) is 14.8. The molecule has 7 nitrogen and oxygen atoms in total. The van der Waals surface area contributed by atoms with Crippen LogP contribution in [0.2, 0.25) is 0 Å². The molecule has 1 unspecified atom stereocenters. The summed E-state index contributed by atoms with van der Waals surface area (Å²) in [5.74, 6) is -1.06. The van der Waals surface area contributed by atoms with Crippen LogP contribution in [0.5, 0.6) is 0 Å². The summed E-state index contributed by atoms with van der Waals surface area (Å²) >= 11 is 1.47. The lowest BCUT2D eigenvalue weighted by molar-refractivity contribution is -0.147. The number of carbonyl (C=O) groups excluding carboxylic acids is 1. The molecule has 1 aliphatic rings. The Morgan fingerprint density at radius 3 is 3.05 bits per heavy atom. The first-order valence-corrected chi connectivity index (χ1v) is 7.17. The van der Waals surface area contributed by atoms with Gasteiger partial charge >= 0.3 is 5.97 Å². The molecule has 2 aromatic rings. The molecule has 3 rings (SSSR count). The van der Waals surface area contributed by atoms with Crippen molar-refractivity contribution in [1.29, 1.82) is 0 Å². The van der Waals surface area contributed by atoms with E-state index in [0.717, 1.165) is 4.88 Å². The minimum Gasteiger partial charge on any atom is -0.480 e. The van der Waals surface area contributed by atoms with E-state index in [1.807, 2.05) is 17.5 Å². The zero-order valence-corrected chi connectivity index (χ0v) is 11.7. The number of nitrogens with zero attached hydrogens (tertiary/aromatic N) is 2. The van der Waals surface area contributed by atoms with Gasteiger partial charge in [-0.2, -0.15) is 0 Å². The number of carboxylic acids is 1. The van der Waals surface area contributed by atoms with E-state index in [1.165, 1.54) is 22.3 Å². The second-order valence-corrected chi connectivity index (χ2v) is 5.43. The highest BCUT2D eigenvalue weighted by atomic mass is 32.1. The molecule has 0 aliphatic carbocycles. The van der Waals surface area contributed by atoms with Crippen LogP contribution in [0.3, 0.4) is 0 Å². The number of hydrogen-bond acceptors (Lipinski definition) is 6. The van der Waals surface area contributed by atoms with Crippen LogP contribution < -0.4 is 0 Å². The van der Waals surface area contributed by atoms with Gasteiger partial charge in [-0.05, 0) is 11.4 Å². The Labute approximate surface area is 123 Å². The molecule has 1 aliphatic heterocycles. The predicted octanol–water partition coefficient (Wildman–Crippen LogP) is 1.33. The van der Waals surface area contributed by atoms with Gasteiger partial charge in [0.15, 0.2) is 17.5 Å². The van der Waals surface area contributed by atoms with Crippen LogP contribution in [-0.2, 0) is 9.53 Å². The van der Waals surface area contributed by atoms with Gasteiger partial charge in [-0.1, -0.05) is 11.2 Å². The van der Waals surface area contributed by atoms with Crippen molar-refractivity contribution in [2.75, 3.05) is 19.8 Å². The number of thiophene rings is 1. The van der Waals surface area contributed by atoms with Crippen molar-refractivity contribution in [3.8, 4) is 10.6 Å². The average molecular weight is 308 g/mol. The highest BCUT2D eigenvalue weighted by molar-refractivity contribution is 7.13. The SMILES string of the molecule is O=C(O)C1COCCN1C(=O)c1cc(-c2cccs2)on1. The molecule has 1 saturated heterocycles. The summed E-state index contributed by atoms with van der Waals surface area (Å²) in [4.78, 5) is 25.7. The molecule has 0 radical (unpaired) electrons. The van der Waals surface area contributed by atoms with E-state index in [-0.39, 0.29) is 18.8 Å². The summed E-state index contributed by atoms with van der Waals surface area (Å²) in [5.41, 5.74) is 0.103. The number of carboxylic acid groups (broad SMARTS) is 1. The molecule has 1 amide bonds. The van der Waals surface area contributed by atoms with Gasteiger partial charge in [-0.15, -0.1) is 11.3 Å². The maximum Gasteiger partial charge on any atom is 0.328 e. The molecule has 0 saturated carbocycles. The molecule has 2 aromatic heterocycles. The smallest absolute Gasteiger partial charge is 0.328 e. The third-order valence-electron chi connectivity index (χ3n) is 3.17. The van der Waals surface area contributed by atoms with Gasteiger partial charge in [0.05, 0.1) is 18.1 Å². The second kappa shape index (κ2) is 5.66. The van der Waals surface area contributed by atoms with Crippen molar-refractivity contribution >= 4 is 23.2 Å². The first kappa shape index (κ1) is 13.8. The van der Waals surface area contributed by atoms with Crippen LogP contribution in [0.15, 0.2) is 28.1 Å². The highest BCUT2D eigenvalue weighted by Crippen LogP contribution is 2.25. The molecule has 1 fully saturated rings. The summed E-state index contributed by atoms with van der Waals surface area (Å²) in [6.07, 6.45) is 0. The Hall–Kier alpha value is -2.19. The Morgan fingerprint density at radius 1 is 1.48 bits per heavy atom. The standard InChI is InChI=1S/C13H12N2O5S/c16-12(15-3-4-19-7-9(15)13(17)18)8-6-10(20-14-8)11-2-1-5-21-11/h1-2,5-6,9H,3-4,7H2,(H,17,18). The molecule has 0 aromatic carbocycles. The van der Waals surface area contributed by atoms with Crippen molar-refractivity contribution in [1.82, 2.24) is 10.1 Å². The Morgan fingerprint density at radius 2 is 2.33 bits per heavy atom. The summed E-state index contributed by atoms with van der Waals surface area (Å²) in [7, 11) is 0. The van der Waals surface area contributed by atoms with Crippen molar-refractivity contribution in [2.45, 2.75) is 6.04 Å². The summed E-state index contributed by atoms with van der Waals surface area (Å²) in [6.45, 7) is 0.513. The molecule has 0 spiro atoms. The van der Waals surface area contributed by atoms with Crippen molar-refractivity contribution in [3.05, 3.63) is 29.3 Å². The third kappa shape index (κ3) is 2.67. The second-order valence-electron chi connectivity index (χ2n) is 4.48. The molecule has 0 bridgehead atoms. The largest absolute Gasteiger partial charge is 0.480 e. The molecular weight excluding hydrogens is 296 g/mol. The normalized spacial score (nSPS) is 18.7. The fourth-order valence-electron chi connectivity index (χ4n) is 2.11. The molecule has 3 heterocycles. The van der Waals surface area contributed by atoms with Gasteiger partial charge in [0.2, 0.25) is 0 Å². The topological polar surface area (TPSA) is 92.9 Å². The molecule has 8 heteroatoms. The quantitative estimate of drug-likeness (QED) is 0.919. The first-order chi connectivity index (χ1) is 10.2. The monoisotopic (exact) mass is 308 g/mol. The van der Waals surface area contributed by atoms with E-state index >= 15 is 0 Å². The summed E-state index contributed by atoms with van der Waals surface area (Å²) < 4.78 is 10.3. The fraction of sp³-hybridized carbons (Fsp3) is 0.308. The number of carbonyl (C=O) groups is 2. The van der Waals surface area contributed by atoms with Crippen LogP contribution in [0.4, 0.5) is 0 Å². The van der Waals surface area contributed by atoms with Gasteiger partial charge in [0, 0.05) is 12.6 Å². The number of rotatable bonds is 3. The van der Waals surface area contributed by atoms with Gasteiger partial charge in [-0.25, -0.2) is 4.79 Å². The summed E-state index contributed by atoms with van der Waals surface area (Å²) in [6, 6.07) is 4.26. The van der Waals surface area contributed by atoms with Gasteiger partial charge in [0.1, 0.15) is 0 Å². The van der Waals surface area contributed by atoms with Crippen molar-refractivity contribution < 1.29 is 24.0 Å². The number of ether oxygens (including phenoxy) is 1. The van der Waals surface area contributed by atoms with Crippen molar-refractivity contribution in [2.24, 2.45) is 0 Å². The lowest BCUT2D eigenvalue weighted by Crippen LogP contribution is -2.52. The number of hydrogen-bond donors (Lipinski definition) is 1. The predicted molar refractivity (Wildman–Crippen MR) is 73.1 cm³/mol. The van der Waals surface area contributed by atoms with E-state index in [2.05, 4.69) is 5.16 Å². The lowest BCUT2D eigenvalue weighted by Gasteiger charge is -2.32. The Kier molecular flexibility index (Phi) is 3.72. The van der Waals surface area contributed by atoms with Crippen LogP contribution in [-0.4, -0.2) is 52.8 Å². The van der Waals surface area contributed by atoms with E-state index in [0.29, 0.717) is 12.4 Å². The highest BCUT2D eigenvalue weighted by Gasteiger charge is 2.34. The number of aromatic nitrogens is 1. The molecule has 1 N–H and O–H groups in total. The molecule has 21 heavy (non-hydrogen) atoms. The van der Waals surface area contributed by atoms with E-state index in [9.17, 15) is 9.59 Å². The van der Waals surface area contributed by atoms with E-state index < -0.39 is 17.9 Å².